The normalized spacial score (nSPS) is 16.5. The molecule has 1 aliphatic rings. The van der Waals surface area contributed by atoms with Crippen molar-refractivity contribution in [1.29, 1.82) is 0 Å². The van der Waals surface area contributed by atoms with Crippen LogP contribution in [-0.2, 0) is 4.74 Å². The van der Waals surface area contributed by atoms with Gasteiger partial charge in [-0.15, -0.1) is 10.2 Å². The Balaban J connectivity index is 1.61. The number of likely N-dealkylation sites (tertiary alicyclic amines) is 1. The van der Waals surface area contributed by atoms with E-state index < -0.39 is 5.60 Å². The number of methoxy groups -OCH3 is 1. The summed E-state index contributed by atoms with van der Waals surface area (Å²) in [6.07, 6.45) is 5.05. The molecule has 1 saturated heterocycles. The van der Waals surface area contributed by atoms with Crippen LogP contribution in [0.5, 0.6) is 5.75 Å². The van der Waals surface area contributed by atoms with Crippen molar-refractivity contribution in [1.82, 2.24) is 20.1 Å². The third kappa shape index (κ3) is 5.35. The van der Waals surface area contributed by atoms with Gasteiger partial charge in [0, 0.05) is 52.3 Å². The van der Waals surface area contributed by atoms with Crippen molar-refractivity contribution < 1.29 is 14.3 Å². The van der Waals surface area contributed by atoms with Gasteiger partial charge in [-0.3, -0.25) is 4.98 Å². The second-order valence-electron chi connectivity index (χ2n) is 9.07. The van der Waals surface area contributed by atoms with E-state index in [0.717, 1.165) is 39.3 Å². The Morgan fingerprint density at radius 1 is 1.21 bits per heavy atom. The van der Waals surface area contributed by atoms with Crippen molar-refractivity contribution in [3.05, 3.63) is 41.1 Å². The number of hydrogen-bond donors (Lipinski definition) is 1. The van der Waals surface area contributed by atoms with Crippen LogP contribution in [-0.4, -0.2) is 58.0 Å². The first-order chi connectivity index (χ1) is 15.7. The van der Waals surface area contributed by atoms with Gasteiger partial charge < -0.3 is 19.7 Å². The Morgan fingerprint density at radius 3 is 2.79 bits per heavy atom. The van der Waals surface area contributed by atoms with E-state index >= 15 is 0 Å². The highest BCUT2D eigenvalue weighted by molar-refractivity contribution is 9.10. The number of nitrogens with one attached hydrogen (secondary N) is 1. The van der Waals surface area contributed by atoms with Crippen molar-refractivity contribution >= 4 is 38.6 Å². The minimum atomic E-state index is -0.519. The number of halogens is 1. The molecule has 1 N–H and O–H groups in total. The SMILES string of the molecule is COc1cc(Br)ccc1-c1nnc(N[C@@H]2CCCN(C(=O)OC(C)(C)C)C2)c2cnccc12. The molecule has 0 bridgehead atoms. The molecule has 174 valence electrons. The van der Waals surface area contributed by atoms with Gasteiger partial charge in [-0.05, 0) is 57.9 Å². The van der Waals surface area contributed by atoms with Crippen LogP contribution in [0.3, 0.4) is 0 Å². The van der Waals surface area contributed by atoms with E-state index in [9.17, 15) is 4.79 Å². The van der Waals surface area contributed by atoms with Crippen molar-refractivity contribution in [2.24, 2.45) is 0 Å². The second kappa shape index (κ2) is 9.51. The van der Waals surface area contributed by atoms with Crippen LogP contribution in [0.2, 0.25) is 0 Å². The van der Waals surface area contributed by atoms with Crippen molar-refractivity contribution in [2.45, 2.75) is 45.3 Å². The molecule has 4 rings (SSSR count). The number of carbonyl (C=O) groups excluding carboxylic acids is 1. The van der Waals surface area contributed by atoms with Gasteiger partial charge in [0.2, 0.25) is 0 Å². The van der Waals surface area contributed by atoms with Crippen molar-refractivity contribution in [3.8, 4) is 17.0 Å². The van der Waals surface area contributed by atoms with E-state index in [0.29, 0.717) is 24.7 Å². The number of nitrogens with zero attached hydrogens (tertiary/aromatic N) is 4. The maximum Gasteiger partial charge on any atom is 0.410 e. The van der Waals surface area contributed by atoms with E-state index in [2.05, 4.69) is 36.4 Å². The van der Waals surface area contributed by atoms with Crippen LogP contribution >= 0.6 is 15.9 Å². The molecule has 1 fully saturated rings. The Bertz CT molecular complexity index is 1160. The number of rotatable bonds is 4. The lowest BCUT2D eigenvalue weighted by Crippen LogP contribution is -2.47. The lowest BCUT2D eigenvalue weighted by atomic mass is 10.0. The molecule has 0 spiro atoms. The molecule has 3 aromatic rings. The predicted molar refractivity (Wildman–Crippen MR) is 131 cm³/mol. The van der Waals surface area contributed by atoms with E-state index in [-0.39, 0.29) is 12.1 Å². The van der Waals surface area contributed by atoms with Gasteiger partial charge in [0.05, 0.1) is 7.11 Å². The minimum absolute atomic E-state index is 0.0389. The third-order valence-corrected chi connectivity index (χ3v) is 5.91. The first-order valence-electron chi connectivity index (χ1n) is 10.9. The minimum Gasteiger partial charge on any atom is -0.496 e. The van der Waals surface area contributed by atoms with Crippen LogP contribution in [0, 0.1) is 0 Å². The second-order valence-corrected chi connectivity index (χ2v) is 9.99. The Morgan fingerprint density at radius 2 is 2.03 bits per heavy atom. The molecule has 1 aromatic carbocycles. The molecule has 0 aliphatic carbocycles. The maximum atomic E-state index is 12.5. The molecule has 33 heavy (non-hydrogen) atoms. The Kier molecular flexibility index (Phi) is 6.69. The molecule has 8 nitrogen and oxygen atoms in total. The lowest BCUT2D eigenvalue weighted by Gasteiger charge is -2.34. The number of ether oxygens (including phenoxy) is 2. The van der Waals surface area contributed by atoms with Gasteiger partial charge in [0.1, 0.15) is 17.0 Å². The number of fused-ring (bicyclic) bond motifs is 1. The fourth-order valence-corrected chi connectivity index (χ4v) is 4.28. The van der Waals surface area contributed by atoms with Crippen LogP contribution in [0.1, 0.15) is 33.6 Å². The summed E-state index contributed by atoms with van der Waals surface area (Å²) in [7, 11) is 1.64. The predicted octanol–water partition coefficient (Wildman–Crippen LogP) is 5.27. The molecule has 9 heteroatoms. The van der Waals surface area contributed by atoms with Crippen LogP contribution in [0.25, 0.3) is 22.0 Å². The molecule has 1 atom stereocenters. The zero-order valence-corrected chi connectivity index (χ0v) is 20.8. The average Bonchev–Trinajstić information content (AvgIpc) is 2.78. The summed E-state index contributed by atoms with van der Waals surface area (Å²) < 4.78 is 12.0. The van der Waals surface area contributed by atoms with Crippen LogP contribution in [0.15, 0.2) is 41.1 Å². The lowest BCUT2D eigenvalue weighted by molar-refractivity contribution is 0.0206. The van der Waals surface area contributed by atoms with E-state index in [1.807, 2.05) is 45.0 Å². The summed E-state index contributed by atoms with van der Waals surface area (Å²) in [6, 6.07) is 7.78. The molecule has 0 unspecified atom stereocenters. The topological polar surface area (TPSA) is 89.5 Å². The zero-order valence-electron chi connectivity index (χ0n) is 19.3. The van der Waals surface area contributed by atoms with Gasteiger partial charge in [0.15, 0.2) is 5.82 Å². The number of benzene rings is 1. The summed E-state index contributed by atoms with van der Waals surface area (Å²) in [4.78, 5) is 18.6. The number of pyridine rings is 1. The molecular weight excluding hydrogens is 486 g/mol. The number of amides is 1. The average molecular weight is 514 g/mol. The summed E-state index contributed by atoms with van der Waals surface area (Å²) in [5.74, 6) is 1.35. The van der Waals surface area contributed by atoms with Crippen LogP contribution < -0.4 is 10.1 Å². The highest BCUT2D eigenvalue weighted by Crippen LogP contribution is 2.36. The van der Waals surface area contributed by atoms with Gasteiger partial charge in [-0.2, -0.15) is 0 Å². The molecular formula is C24H28BrN5O3. The molecule has 0 saturated carbocycles. The summed E-state index contributed by atoms with van der Waals surface area (Å²) in [6.45, 7) is 6.86. The zero-order chi connectivity index (χ0) is 23.6. The first-order valence-corrected chi connectivity index (χ1v) is 11.7. The molecule has 2 aromatic heterocycles. The van der Waals surface area contributed by atoms with Crippen molar-refractivity contribution in [3.63, 3.8) is 0 Å². The molecule has 0 radical (unpaired) electrons. The van der Waals surface area contributed by atoms with E-state index in [1.165, 1.54) is 0 Å². The number of carbonyl (C=O) groups is 1. The Labute approximate surface area is 201 Å². The monoisotopic (exact) mass is 513 g/mol. The smallest absolute Gasteiger partial charge is 0.410 e. The first kappa shape index (κ1) is 23.2. The van der Waals surface area contributed by atoms with Gasteiger partial charge >= 0.3 is 6.09 Å². The fourth-order valence-electron chi connectivity index (χ4n) is 3.94. The number of aromatic nitrogens is 3. The molecule has 3 heterocycles. The van der Waals surface area contributed by atoms with Gasteiger partial charge in [-0.25, -0.2) is 4.79 Å². The number of hydrogen-bond acceptors (Lipinski definition) is 7. The van der Waals surface area contributed by atoms with Crippen LogP contribution in [0.4, 0.5) is 10.6 Å². The van der Waals surface area contributed by atoms with Gasteiger partial charge in [0.25, 0.3) is 0 Å². The highest BCUT2D eigenvalue weighted by atomic mass is 79.9. The fraction of sp³-hybridized carbons (Fsp3) is 0.417. The number of anilines is 1. The summed E-state index contributed by atoms with van der Waals surface area (Å²) in [5.41, 5.74) is 1.06. The standard InChI is InChI=1S/C24H28BrN5O3/c1-24(2,3)33-23(31)30-11-5-6-16(14-30)27-22-19-13-26-10-9-17(19)21(28-29-22)18-8-7-15(25)12-20(18)32-4/h7-10,12-13,16H,5-6,11,14H2,1-4H3,(H,27,29)/t16-/m1/s1. The molecule has 1 amide bonds. The highest BCUT2D eigenvalue weighted by Gasteiger charge is 2.28. The summed E-state index contributed by atoms with van der Waals surface area (Å²) in [5, 5.41) is 14.3. The largest absolute Gasteiger partial charge is 0.496 e. The van der Waals surface area contributed by atoms with E-state index in [4.69, 9.17) is 9.47 Å². The quantitative estimate of drug-likeness (QED) is 0.507. The summed E-state index contributed by atoms with van der Waals surface area (Å²) >= 11 is 3.48. The number of piperidine rings is 1. The van der Waals surface area contributed by atoms with E-state index in [1.54, 1.807) is 24.4 Å². The van der Waals surface area contributed by atoms with Gasteiger partial charge in [-0.1, -0.05) is 15.9 Å². The maximum absolute atomic E-state index is 12.5. The van der Waals surface area contributed by atoms with Crippen molar-refractivity contribution in [2.75, 3.05) is 25.5 Å². The Hall–Kier alpha value is -2.94. The third-order valence-electron chi connectivity index (χ3n) is 5.41. The molecule has 1 aliphatic heterocycles.